The molecule has 1 aliphatic rings. The number of aryl methyl sites for hydroxylation is 1. The van der Waals surface area contributed by atoms with E-state index >= 15 is 0 Å². The average molecular weight is 367 g/mol. The highest BCUT2D eigenvalue weighted by Crippen LogP contribution is 2.34. The molecule has 0 saturated heterocycles. The Kier molecular flexibility index (Phi) is 7.95. The van der Waals surface area contributed by atoms with E-state index in [1.54, 1.807) is 12.1 Å². The number of benzene rings is 1. The Labute approximate surface area is 154 Å². The van der Waals surface area contributed by atoms with Gasteiger partial charge in [0.15, 0.2) is 0 Å². The molecule has 1 N–H and O–H groups in total. The van der Waals surface area contributed by atoms with Crippen molar-refractivity contribution in [2.45, 2.75) is 89.4 Å². The van der Waals surface area contributed by atoms with Gasteiger partial charge in [-0.3, -0.25) is 4.55 Å². The van der Waals surface area contributed by atoms with Gasteiger partial charge in [0, 0.05) is 0 Å². The highest BCUT2D eigenvalue weighted by Gasteiger charge is 2.22. The van der Waals surface area contributed by atoms with Crippen LogP contribution < -0.4 is 0 Å². The van der Waals surface area contributed by atoms with Gasteiger partial charge in [-0.2, -0.15) is 8.42 Å². The summed E-state index contributed by atoms with van der Waals surface area (Å²) in [5.41, 5.74) is 2.18. The fourth-order valence-electron chi connectivity index (χ4n) is 4.10. The largest absolute Gasteiger partial charge is 0.294 e. The maximum atomic E-state index is 11.4. The van der Waals surface area contributed by atoms with E-state index in [-0.39, 0.29) is 4.90 Å². The molecule has 0 atom stereocenters. The summed E-state index contributed by atoms with van der Waals surface area (Å²) in [6.45, 7) is 4.28. The quantitative estimate of drug-likeness (QED) is 0.434. The Bertz CT molecular complexity index is 629. The molecule has 3 nitrogen and oxygen atoms in total. The summed E-state index contributed by atoms with van der Waals surface area (Å²) in [6, 6.07) is 4.95. The first-order valence-electron chi connectivity index (χ1n) is 9.97. The fraction of sp³-hybridized carbons (Fsp3) is 0.714. The molecule has 0 aromatic heterocycles. The van der Waals surface area contributed by atoms with E-state index in [2.05, 4.69) is 6.92 Å². The van der Waals surface area contributed by atoms with E-state index in [9.17, 15) is 13.0 Å². The zero-order valence-corrected chi connectivity index (χ0v) is 16.7. The van der Waals surface area contributed by atoms with E-state index in [4.69, 9.17) is 0 Å². The number of hydrogen-bond donors (Lipinski definition) is 1. The molecule has 2 rings (SSSR count). The lowest BCUT2D eigenvalue weighted by Crippen LogP contribution is -2.17. The van der Waals surface area contributed by atoms with Crippen molar-refractivity contribution in [1.82, 2.24) is 0 Å². The summed E-state index contributed by atoms with van der Waals surface area (Å²) in [6.07, 6.45) is 14.3. The van der Waals surface area contributed by atoms with Gasteiger partial charge in [-0.15, -0.1) is 0 Å². The van der Waals surface area contributed by atoms with Crippen molar-refractivity contribution in [3.8, 4) is 0 Å². The third-order valence-corrected chi connectivity index (χ3v) is 6.66. The van der Waals surface area contributed by atoms with Gasteiger partial charge in [-0.25, -0.2) is 0 Å². The Morgan fingerprint density at radius 1 is 1.00 bits per heavy atom. The van der Waals surface area contributed by atoms with Crippen molar-refractivity contribution in [3.63, 3.8) is 0 Å². The molecule has 0 heterocycles. The molecule has 0 spiro atoms. The summed E-state index contributed by atoms with van der Waals surface area (Å²) in [7, 11) is -4.11. The first kappa shape index (κ1) is 20.4. The molecular weight excluding hydrogens is 332 g/mol. The Balaban J connectivity index is 1.80. The van der Waals surface area contributed by atoms with E-state index in [0.29, 0.717) is 5.92 Å². The van der Waals surface area contributed by atoms with Crippen LogP contribution in [-0.2, 0) is 16.5 Å². The Morgan fingerprint density at radius 3 is 2.28 bits per heavy atom. The van der Waals surface area contributed by atoms with Crippen molar-refractivity contribution in [1.29, 1.82) is 0 Å². The van der Waals surface area contributed by atoms with Gasteiger partial charge in [0.2, 0.25) is 0 Å². The van der Waals surface area contributed by atoms with Crippen molar-refractivity contribution in [2.24, 2.45) is 11.8 Å². The van der Waals surface area contributed by atoms with Crippen LogP contribution in [0.15, 0.2) is 23.1 Å². The minimum atomic E-state index is -4.11. The van der Waals surface area contributed by atoms with Gasteiger partial charge in [0.05, 0.1) is 4.90 Å². The molecular formula is C21H34O3S. The molecule has 0 bridgehead atoms. The second kappa shape index (κ2) is 9.72. The summed E-state index contributed by atoms with van der Waals surface area (Å²) in [5.74, 6) is 1.54. The molecule has 0 aliphatic heterocycles. The molecule has 0 radical (unpaired) electrons. The van der Waals surface area contributed by atoms with Gasteiger partial charge in [0.25, 0.3) is 10.1 Å². The third-order valence-electron chi connectivity index (χ3n) is 5.81. The zero-order valence-electron chi connectivity index (χ0n) is 15.8. The van der Waals surface area contributed by atoms with Crippen molar-refractivity contribution in [2.75, 3.05) is 0 Å². The molecule has 1 fully saturated rings. The van der Waals surface area contributed by atoms with Gasteiger partial charge in [-0.05, 0) is 61.3 Å². The summed E-state index contributed by atoms with van der Waals surface area (Å²) in [4.78, 5) is 0.0221. The molecule has 1 aromatic rings. The molecule has 1 aromatic carbocycles. The van der Waals surface area contributed by atoms with Crippen molar-refractivity contribution in [3.05, 3.63) is 29.3 Å². The van der Waals surface area contributed by atoms with E-state index < -0.39 is 10.1 Å². The Morgan fingerprint density at radius 2 is 1.64 bits per heavy atom. The van der Waals surface area contributed by atoms with Crippen LogP contribution in [0.5, 0.6) is 0 Å². The van der Waals surface area contributed by atoms with Crippen LogP contribution in [0.2, 0.25) is 0 Å². The zero-order chi connectivity index (χ0) is 18.3. The first-order valence-corrected chi connectivity index (χ1v) is 11.4. The van der Waals surface area contributed by atoms with Crippen LogP contribution in [0, 0.1) is 18.8 Å². The lowest BCUT2D eigenvalue weighted by molar-refractivity contribution is 0.257. The predicted molar refractivity (Wildman–Crippen MR) is 104 cm³/mol. The monoisotopic (exact) mass is 366 g/mol. The van der Waals surface area contributed by atoms with Gasteiger partial charge < -0.3 is 0 Å². The van der Waals surface area contributed by atoms with Crippen LogP contribution in [-0.4, -0.2) is 13.0 Å². The molecule has 4 heteroatoms. The van der Waals surface area contributed by atoms with Gasteiger partial charge in [-0.1, -0.05) is 64.4 Å². The highest BCUT2D eigenvalue weighted by molar-refractivity contribution is 7.85. The van der Waals surface area contributed by atoms with E-state index in [0.717, 1.165) is 23.5 Å². The van der Waals surface area contributed by atoms with E-state index in [1.165, 1.54) is 70.3 Å². The van der Waals surface area contributed by atoms with Crippen LogP contribution in [0.1, 0.15) is 82.3 Å². The lowest BCUT2D eigenvalue weighted by Gasteiger charge is -2.29. The minimum absolute atomic E-state index is 0.0221. The number of rotatable bonds is 9. The summed E-state index contributed by atoms with van der Waals surface area (Å²) in [5, 5.41) is 0. The maximum Gasteiger partial charge on any atom is 0.294 e. The summed E-state index contributed by atoms with van der Waals surface area (Å²) >= 11 is 0. The maximum absolute atomic E-state index is 11.4. The average Bonchev–Trinajstić information content (AvgIpc) is 2.57. The molecule has 1 aliphatic carbocycles. The van der Waals surface area contributed by atoms with Crippen molar-refractivity contribution >= 4 is 10.1 Å². The predicted octanol–water partition coefficient (Wildman–Crippen LogP) is 5.95. The van der Waals surface area contributed by atoms with Gasteiger partial charge in [0.1, 0.15) is 0 Å². The molecule has 0 unspecified atom stereocenters. The van der Waals surface area contributed by atoms with E-state index in [1.807, 2.05) is 6.92 Å². The van der Waals surface area contributed by atoms with Crippen LogP contribution in [0.4, 0.5) is 0 Å². The normalized spacial score (nSPS) is 21.4. The molecule has 142 valence electrons. The number of unbranched alkanes of at least 4 members (excludes halogenated alkanes) is 4. The Hall–Kier alpha value is -0.870. The van der Waals surface area contributed by atoms with Gasteiger partial charge >= 0.3 is 0 Å². The fourth-order valence-corrected chi connectivity index (χ4v) is 4.63. The first-order chi connectivity index (χ1) is 11.9. The number of hydrogen-bond acceptors (Lipinski definition) is 2. The van der Waals surface area contributed by atoms with Crippen LogP contribution >= 0.6 is 0 Å². The molecule has 25 heavy (non-hydrogen) atoms. The smallest absolute Gasteiger partial charge is 0.282 e. The standard InChI is InChI=1S/C21H34O3S/c1-3-4-5-6-7-8-18-10-12-19(13-11-18)15-20-16-21(25(22,23)24)14-9-17(20)2/h9,14,16,18-19H,3-8,10-13,15H2,1-2H3,(H,22,23,24). The second-order valence-corrected chi connectivity index (χ2v) is 9.28. The van der Waals surface area contributed by atoms with Crippen molar-refractivity contribution < 1.29 is 13.0 Å². The van der Waals surface area contributed by atoms with Crippen LogP contribution in [0.3, 0.4) is 0 Å². The summed E-state index contributed by atoms with van der Waals surface area (Å²) < 4.78 is 32.0. The molecule has 1 saturated carbocycles. The molecule has 0 amide bonds. The second-order valence-electron chi connectivity index (χ2n) is 7.86. The third kappa shape index (κ3) is 6.74. The topological polar surface area (TPSA) is 54.4 Å². The SMILES string of the molecule is CCCCCCCC1CCC(Cc2cc(S(=O)(=O)O)ccc2C)CC1. The van der Waals surface area contributed by atoms with Crippen LogP contribution in [0.25, 0.3) is 0 Å². The highest BCUT2D eigenvalue weighted by atomic mass is 32.2. The minimum Gasteiger partial charge on any atom is -0.282 e. The lowest BCUT2D eigenvalue weighted by atomic mass is 9.77.